The van der Waals surface area contributed by atoms with Gasteiger partial charge in [0.25, 0.3) is 5.91 Å². The zero-order chi connectivity index (χ0) is 18.5. The first kappa shape index (κ1) is 17.5. The largest absolute Gasteiger partial charge is 0.344 e. The molecule has 1 heterocycles. The summed E-state index contributed by atoms with van der Waals surface area (Å²) in [5.41, 5.74) is 3.83. The number of nitrogens with zero attached hydrogens (tertiary/aromatic N) is 2. The van der Waals surface area contributed by atoms with Gasteiger partial charge in [-0.25, -0.2) is 0 Å². The summed E-state index contributed by atoms with van der Waals surface area (Å²) in [5.74, 6) is -0.262. The Bertz CT molecular complexity index is 934. The van der Waals surface area contributed by atoms with Crippen LogP contribution in [-0.2, 0) is 6.42 Å². The minimum Gasteiger partial charge on any atom is -0.344 e. The lowest BCUT2D eigenvalue weighted by Gasteiger charge is -2.16. The lowest BCUT2D eigenvalue weighted by Crippen LogP contribution is -2.29. The van der Waals surface area contributed by atoms with Crippen LogP contribution in [0.1, 0.15) is 47.1 Å². The van der Waals surface area contributed by atoms with Crippen molar-refractivity contribution < 1.29 is 4.79 Å². The molecule has 130 valence electrons. The number of hydrogen-bond donors (Lipinski definition) is 1. The number of hydrogen-bond acceptors (Lipinski definition) is 2. The van der Waals surface area contributed by atoms with Crippen LogP contribution in [-0.4, -0.2) is 10.5 Å². The van der Waals surface area contributed by atoms with Gasteiger partial charge in [-0.2, -0.15) is 5.26 Å². The van der Waals surface area contributed by atoms with Crippen molar-refractivity contribution in [1.82, 2.24) is 9.88 Å². The number of nitrogens with one attached hydrogen (secondary N) is 1. The van der Waals surface area contributed by atoms with E-state index in [0.29, 0.717) is 11.3 Å². The number of aryl methyl sites for hydroxylation is 1. The van der Waals surface area contributed by atoms with Gasteiger partial charge in [0.15, 0.2) is 0 Å². The van der Waals surface area contributed by atoms with Crippen LogP contribution in [0.2, 0.25) is 0 Å². The minimum absolute atomic E-state index is 0.152. The Morgan fingerprint density at radius 1 is 1.12 bits per heavy atom. The van der Waals surface area contributed by atoms with E-state index in [1.807, 2.05) is 61.5 Å². The van der Waals surface area contributed by atoms with E-state index in [0.717, 1.165) is 17.7 Å². The van der Waals surface area contributed by atoms with E-state index in [1.165, 1.54) is 5.56 Å². The number of carbonyl (C=O) groups excluding carboxylic acids is 1. The predicted octanol–water partition coefficient (Wildman–Crippen LogP) is 4.40. The van der Waals surface area contributed by atoms with Gasteiger partial charge < -0.3 is 9.88 Å². The first-order valence-electron chi connectivity index (χ1n) is 8.70. The Morgan fingerprint density at radius 2 is 1.81 bits per heavy atom. The molecule has 0 bridgehead atoms. The smallest absolute Gasteiger partial charge is 0.270 e. The number of rotatable bonds is 5. The Morgan fingerprint density at radius 3 is 2.42 bits per heavy atom. The summed E-state index contributed by atoms with van der Waals surface area (Å²) in [6, 6.07) is 21.4. The van der Waals surface area contributed by atoms with Crippen LogP contribution in [0.4, 0.5) is 0 Å². The average molecular weight is 343 g/mol. The fourth-order valence-electron chi connectivity index (χ4n) is 2.95. The van der Waals surface area contributed by atoms with Crippen LogP contribution >= 0.6 is 0 Å². The summed E-state index contributed by atoms with van der Waals surface area (Å²) >= 11 is 0. The van der Waals surface area contributed by atoms with Gasteiger partial charge in [-0.3, -0.25) is 4.79 Å². The summed E-state index contributed by atoms with van der Waals surface area (Å²) in [4.78, 5) is 12.9. The molecule has 4 heteroatoms. The third-order valence-electron chi connectivity index (χ3n) is 4.49. The molecular weight excluding hydrogens is 322 g/mol. The van der Waals surface area contributed by atoms with Crippen LogP contribution in [0, 0.1) is 11.3 Å². The molecule has 0 aliphatic heterocycles. The van der Waals surface area contributed by atoms with Crippen LogP contribution in [0.25, 0.3) is 5.69 Å². The Balaban J connectivity index is 1.92. The number of benzene rings is 2. The van der Waals surface area contributed by atoms with Crippen molar-refractivity contribution >= 4 is 5.91 Å². The van der Waals surface area contributed by atoms with Crippen LogP contribution in [0.3, 0.4) is 0 Å². The van der Waals surface area contributed by atoms with Crippen molar-refractivity contribution in [2.45, 2.75) is 26.3 Å². The maximum atomic E-state index is 12.9. The van der Waals surface area contributed by atoms with Crippen molar-refractivity contribution in [2.24, 2.45) is 0 Å². The van der Waals surface area contributed by atoms with E-state index in [1.54, 1.807) is 16.8 Å². The topological polar surface area (TPSA) is 57.8 Å². The highest BCUT2D eigenvalue weighted by molar-refractivity contribution is 5.96. The molecule has 3 rings (SSSR count). The molecule has 0 radical (unpaired) electrons. The van der Waals surface area contributed by atoms with E-state index in [2.05, 4.69) is 18.3 Å². The van der Waals surface area contributed by atoms with E-state index in [9.17, 15) is 10.1 Å². The third kappa shape index (κ3) is 3.52. The lowest BCUT2D eigenvalue weighted by atomic mass is 10.1. The molecule has 0 saturated heterocycles. The molecule has 1 amide bonds. The summed E-state index contributed by atoms with van der Waals surface area (Å²) in [5, 5.41) is 12.4. The number of nitriles is 1. The quantitative estimate of drug-likeness (QED) is 0.746. The SMILES string of the molecule is CCc1ccc(-n2ccc(C#N)c2C(=O)N[C@@H](C)c2ccccc2)cc1. The summed E-state index contributed by atoms with van der Waals surface area (Å²) in [6.45, 7) is 4.03. The molecule has 0 fully saturated rings. The molecule has 1 N–H and O–H groups in total. The molecule has 2 aromatic carbocycles. The number of amides is 1. The molecular formula is C22H21N3O. The standard InChI is InChI=1S/C22H21N3O/c1-3-17-9-11-20(12-10-17)25-14-13-19(15-23)21(25)22(26)24-16(2)18-7-5-4-6-8-18/h4-14,16H,3H2,1-2H3,(H,24,26)/t16-/m0/s1. The fourth-order valence-corrected chi connectivity index (χ4v) is 2.95. The first-order chi connectivity index (χ1) is 12.6. The second kappa shape index (κ2) is 7.71. The fraction of sp³-hybridized carbons (Fsp3) is 0.182. The number of aromatic nitrogens is 1. The van der Waals surface area contributed by atoms with E-state index >= 15 is 0 Å². The Kier molecular flexibility index (Phi) is 5.19. The predicted molar refractivity (Wildman–Crippen MR) is 102 cm³/mol. The molecule has 0 aliphatic carbocycles. The maximum absolute atomic E-state index is 12.9. The van der Waals surface area contributed by atoms with Crippen molar-refractivity contribution in [3.05, 3.63) is 89.2 Å². The zero-order valence-electron chi connectivity index (χ0n) is 14.9. The van der Waals surface area contributed by atoms with Gasteiger partial charge in [0.1, 0.15) is 11.8 Å². The molecule has 4 nitrogen and oxygen atoms in total. The first-order valence-corrected chi connectivity index (χ1v) is 8.70. The van der Waals surface area contributed by atoms with Gasteiger partial charge in [0, 0.05) is 11.9 Å². The molecule has 1 atom stereocenters. The summed E-state index contributed by atoms with van der Waals surface area (Å²) < 4.78 is 1.77. The van der Waals surface area contributed by atoms with Crippen LogP contribution < -0.4 is 5.32 Å². The molecule has 3 aromatic rings. The number of carbonyl (C=O) groups is 1. The Labute approximate surface area is 153 Å². The molecule has 26 heavy (non-hydrogen) atoms. The van der Waals surface area contributed by atoms with Crippen molar-refractivity contribution in [3.8, 4) is 11.8 Å². The second-order valence-electron chi connectivity index (χ2n) is 6.19. The van der Waals surface area contributed by atoms with Gasteiger partial charge in [-0.05, 0) is 42.7 Å². The normalized spacial score (nSPS) is 11.6. The van der Waals surface area contributed by atoms with Crippen molar-refractivity contribution in [3.63, 3.8) is 0 Å². The third-order valence-corrected chi connectivity index (χ3v) is 4.49. The molecule has 1 aromatic heterocycles. The highest BCUT2D eigenvalue weighted by Crippen LogP contribution is 2.20. The van der Waals surface area contributed by atoms with Gasteiger partial charge >= 0.3 is 0 Å². The second-order valence-corrected chi connectivity index (χ2v) is 6.19. The van der Waals surface area contributed by atoms with Crippen LogP contribution in [0.15, 0.2) is 66.9 Å². The van der Waals surface area contributed by atoms with Gasteiger partial charge in [0.2, 0.25) is 0 Å². The maximum Gasteiger partial charge on any atom is 0.270 e. The molecule has 0 unspecified atom stereocenters. The minimum atomic E-state index is -0.262. The monoisotopic (exact) mass is 343 g/mol. The molecule has 0 saturated carbocycles. The van der Waals surface area contributed by atoms with Gasteiger partial charge in [-0.15, -0.1) is 0 Å². The van der Waals surface area contributed by atoms with Crippen molar-refractivity contribution in [1.29, 1.82) is 5.26 Å². The summed E-state index contributed by atoms with van der Waals surface area (Å²) in [7, 11) is 0. The van der Waals surface area contributed by atoms with Crippen molar-refractivity contribution in [2.75, 3.05) is 0 Å². The zero-order valence-corrected chi connectivity index (χ0v) is 14.9. The summed E-state index contributed by atoms with van der Waals surface area (Å²) in [6.07, 6.45) is 2.72. The highest BCUT2D eigenvalue weighted by atomic mass is 16.2. The van der Waals surface area contributed by atoms with E-state index in [4.69, 9.17) is 0 Å². The van der Waals surface area contributed by atoms with E-state index in [-0.39, 0.29) is 11.9 Å². The lowest BCUT2D eigenvalue weighted by molar-refractivity contribution is 0.0933. The molecule has 0 aliphatic rings. The molecule has 0 spiro atoms. The highest BCUT2D eigenvalue weighted by Gasteiger charge is 2.20. The average Bonchev–Trinajstić information content (AvgIpc) is 3.13. The van der Waals surface area contributed by atoms with E-state index < -0.39 is 0 Å². The van der Waals surface area contributed by atoms with Crippen LogP contribution in [0.5, 0.6) is 0 Å². The van der Waals surface area contributed by atoms with Gasteiger partial charge in [-0.1, -0.05) is 49.4 Å². The van der Waals surface area contributed by atoms with Gasteiger partial charge in [0.05, 0.1) is 11.6 Å². The Hall–Kier alpha value is -3.32.